The lowest BCUT2D eigenvalue weighted by Gasteiger charge is -1.96. The minimum absolute atomic E-state index is 0.0739. The maximum absolute atomic E-state index is 11.6. The molecule has 6 nitrogen and oxygen atoms in total. The van der Waals surface area contributed by atoms with Gasteiger partial charge in [-0.1, -0.05) is 12.2 Å². The van der Waals surface area contributed by atoms with E-state index in [4.69, 9.17) is 4.42 Å². The zero-order valence-corrected chi connectivity index (χ0v) is 10.2. The van der Waals surface area contributed by atoms with E-state index < -0.39 is 10.7 Å². The van der Waals surface area contributed by atoms with Gasteiger partial charge < -0.3 is 4.42 Å². The second kappa shape index (κ2) is 5.09. The fourth-order valence-electron chi connectivity index (χ4n) is 1.59. The van der Waals surface area contributed by atoms with Crippen molar-refractivity contribution in [2.24, 2.45) is 0 Å². The molecule has 0 aliphatic heterocycles. The van der Waals surface area contributed by atoms with Gasteiger partial charge in [0.2, 0.25) is 0 Å². The lowest BCUT2D eigenvalue weighted by atomic mass is 10.3. The molecule has 1 aromatic carbocycles. The van der Waals surface area contributed by atoms with Gasteiger partial charge in [-0.2, -0.15) is 12.6 Å². The number of rotatable bonds is 4. The van der Waals surface area contributed by atoms with Gasteiger partial charge in [0, 0.05) is 24.4 Å². The highest BCUT2D eigenvalue weighted by Gasteiger charge is 2.13. The smallest absolute Gasteiger partial charge is 0.408 e. The summed E-state index contributed by atoms with van der Waals surface area (Å²) in [5, 5.41) is 10.7. The Hall–Kier alpha value is -2.02. The number of nitro groups is 1. The summed E-state index contributed by atoms with van der Waals surface area (Å²) < 4.78 is 6.33. The second-order valence-corrected chi connectivity index (χ2v) is 3.91. The van der Waals surface area contributed by atoms with Crippen LogP contribution in [0.2, 0.25) is 0 Å². The zero-order valence-electron chi connectivity index (χ0n) is 9.28. The number of hydrogen-bond donors (Lipinski definition) is 1. The van der Waals surface area contributed by atoms with Crippen molar-refractivity contribution < 1.29 is 9.34 Å². The van der Waals surface area contributed by atoms with Crippen molar-refractivity contribution in [1.29, 1.82) is 0 Å². The van der Waals surface area contributed by atoms with Gasteiger partial charge in [0.25, 0.3) is 5.69 Å². The maximum Gasteiger partial charge on any atom is 0.420 e. The van der Waals surface area contributed by atoms with E-state index in [0.717, 1.165) is 0 Å². The molecule has 0 radical (unpaired) electrons. The molecule has 18 heavy (non-hydrogen) atoms. The van der Waals surface area contributed by atoms with Crippen molar-refractivity contribution in [3.63, 3.8) is 0 Å². The molecule has 1 heterocycles. The van der Waals surface area contributed by atoms with Crippen LogP contribution < -0.4 is 5.76 Å². The molecule has 0 aliphatic carbocycles. The van der Waals surface area contributed by atoms with E-state index in [1.807, 2.05) is 0 Å². The summed E-state index contributed by atoms with van der Waals surface area (Å²) in [4.78, 5) is 21.8. The first-order chi connectivity index (χ1) is 8.63. The van der Waals surface area contributed by atoms with E-state index in [-0.39, 0.29) is 5.69 Å². The van der Waals surface area contributed by atoms with Gasteiger partial charge in [-0.15, -0.1) is 0 Å². The van der Waals surface area contributed by atoms with Gasteiger partial charge in [-0.3, -0.25) is 14.7 Å². The number of allylic oxidation sites excluding steroid dienone is 1. The number of nitrogens with zero attached hydrogens (tertiary/aromatic N) is 2. The van der Waals surface area contributed by atoms with Crippen molar-refractivity contribution in [2.45, 2.75) is 6.54 Å². The van der Waals surface area contributed by atoms with Crippen LogP contribution in [0.4, 0.5) is 5.69 Å². The van der Waals surface area contributed by atoms with Gasteiger partial charge in [0.1, 0.15) is 0 Å². The minimum atomic E-state index is -0.533. The monoisotopic (exact) mass is 266 g/mol. The first-order valence-electron chi connectivity index (χ1n) is 5.17. The van der Waals surface area contributed by atoms with Crippen LogP contribution in [-0.4, -0.2) is 15.2 Å². The summed E-state index contributed by atoms with van der Waals surface area (Å²) in [6.07, 6.45) is 3.54. The van der Waals surface area contributed by atoms with E-state index in [1.165, 1.54) is 22.8 Å². The molecular weight excluding hydrogens is 256 g/mol. The molecule has 1 aromatic heterocycles. The van der Waals surface area contributed by atoms with Gasteiger partial charge in [-0.25, -0.2) is 4.79 Å². The van der Waals surface area contributed by atoms with Crippen molar-refractivity contribution in [3.8, 4) is 0 Å². The molecule has 0 atom stereocenters. The summed E-state index contributed by atoms with van der Waals surface area (Å²) in [5.74, 6) is 0.0272. The van der Waals surface area contributed by atoms with Gasteiger partial charge in [-0.05, 0) is 6.07 Å². The fourth-order valence-corrected chi connectivity index (χ4v) is 1.74. The Morgan fingerprint density at radius 2 is 2.22 bits per heavy atom. The molecule has 0 unspecified atom stereocenters. The van der Waals surface area contributed by atoms with E-state index in [1.54, 1.807) is 12.2 Å². The number of aromatic nitrogens is 1. The number of nitro benzene ring substituents is 1. The van der Waals surface area contributed by atoms with Gasteiger partial charge >= 0.3 is 5.76 Å². The molecule has 2 aromatic rings. The molecule has 0 N–H and O–H groups in total. The normalized spacial score (nSPS) is 11.4. The van der Waals surface area contributed by atoms with E-state index >= 15 is 0 Å². The van der Waals surface area contributed by atoms with E-state index in [0.29, 0.717) is 23.4 Å². The molecule has 0 fully saturated rings. The summed E-state index contributed by atoms with van der Waals surface area (Å²) >= 11 is 4.01. The first-order valence-corrected chi connectivity index (χ1v) is 5.80. The Balaban J connectivity index is 2.53. The molecule has 0 saturated heterocycles. The van der Waals surface area contributed by atoms with Crippen LogP contribution in [0, 0.1) is 10.1 Å². The SMILES string of the molecule is O=c1oc2ccc([N+](=O)[O-])cc2n1CC=CCS. The van der Waals surface area contributed by atoms with E-state index in [9.17, 15) is 14.9 Å². The molecule has 94 valence electrons. The predicted octanol–water partition coefficient (Wildman–Crippen LogP) is 1.99. The quantitative estimate of drug-likeness (QED) is 0.397. The van der Waals surface area contributed by atoms with Crippen LogP contribution in [0.25, 0.3) is 11.1 Å². The minimum Gasteiger partial charge on any atom is -0.408 e. The van der Waals surface area contributed by atoms with Crippen LogP contribution in [0.3, 0.4) is 0 Å². The van der Waals surface area contributed by atoms with Crippen LogP contribution >= 0.6 is 12.6 Å². The van der Waals surface area contributed by atoms with Crippen molar-refractivity contribution in [1.82, 2.24) is 4.57 Å². The van der Waals surface area contributed by atoms with Gasteiger partial charge in [0.05, 0.1) is 10.4 Å². The van der Waals surface area contributed by atoms with Crippen LogP contribution in [0.5, 0.6) is 0 Å². The third-order valence-corrected chi connectivity index (χ3v) is 2.63. The Kier molecular flexibility index (Phi) is 3.52. The highest BCUT2D eigenvalue weighted by Crippen LogP contribution is 2.19. The molecule has 0 spiro atoms. The predicted molar refractivity (Wildman–Crippen MR) is 70.1 cm³/mol. The molecule has 0 amide bonds. The molecule has 7 heteroatoms. The summed E-state index contributed by atoms with van der Waals surface area (Å²) in [7, 11) is 0. The Bertz CT molecular complexity index is 671. The largest absolute Gasteiger partial charge is 0.420 e. The number of hydrogen-bond acceptors (Lipinski definition) is 5. The Morgan fingerprint density at radius 3 is 2.89 bits per heavy atom. The third kappa shape index (κ3) is 2.30. The molecule has 0 bridgehead atoms. The number of thiol groups is 1. The second-order valence-electron chi connectivity index (χ2n) is 3.54. The van der Waals surface area contributed by atoms with Crippen LogP contribution in [0.1, 0.15) is 0 Å². The number of non-ortho nitro benzene ring substituents is 1. The fraction of sp³-hybridized carbons (Fsp3) is 0.182. The highest BCUT2D eigenvalue weighted by molar-refractivity contribution is 7.80. The molecule has 2 rings (SSSR count). The molecular formula is C11H10N2O4S. The lowest BCUT2D eigenvalue weighted by molar-refractivity contribution is -0.384. The average molecular weight is 266 g/mol. The Morgan fingerprint density at radius 1 is 1.44 bits per heavy atom. The van der Waals surface area contributed by atoms with Crippen molar-refractivity contribution in [2.75, 3.05) is 5.75 Å². The van der Waals surface area contributed by atoms with E-state index in [2.05, 4.69) is 12.6 Å². The standard InChI is InChI=1S/C11H10N2O4S/c14-11-12(5-1-2-6-18)9-7-8(13(15)16)3-4-10(9)17-11/h1-4,7,18H,5-6H2. The van der Waals surface area contributed by atoms with Crippen molar-refractivity contribution in [3.05, 3.63) is 51.0 Å². The summed E-state index contributed by atoms with van der Waals surface area (Å²) in [5.41, 5.74) is 0.679. The van der Waals surface area contributed by atoms with Gasteiger partial charge in [0.15, 0.2) is 5.58 Å². The topological polar surface area (TPSA) is 78.3 Å². The first kappa shape index (κ1) is 12.4. The molecule has 0 saturated carbocycles. The zero-order chi connectivity index (χ0) is 13.1. The number of benzene rings is 1. The van der Waals surface area contributed by atoms with Crippen LogP contribution in [0.15, 0.2) is 39.6 Å². The Labute approximate surface area is 107 Å². The maximum atomic E-state index is 11.6. The van der Waals surface area contributed by atoms with Crippen LogP contribution in [-0.2, 0) is 6.54 Å². The highest BCUT2D eigenvalue weighted by atomic mass is 32.1. The number of fused-ring (bicyclic) bond motifs is 1. The average Bonchev–Trinajstić information content (AvgIpc) is 2.65. The number of oxazole rings is 1. The van der Waals surface area contributed by atoms with Crippen molar-refractivity contribution >= 4 is 29.4 Å². The molecule has 0 aliphatic rings. The lowest BCUT2D eigenvalue weighted by Crippen LogP contribution is -2.12. The summed E-state index contributed by atoms with van der Waals surface area (Å²) in [6, 6.07) is 4.06. The summed E-state index contributed by atoms with van der Waals surface area (Å²) in [6.45, 7) is 0.299. The third-order valence-electron chi connectivity index (χ3n) is 2.42.